The van der Waals surface area contributed by atoms with Gasteiger partial charge in [0.15, 0.2) is 0 Å². The van der Waals surface area contributed by atoms with Crippen molar-refractivity contribution in [3.63, 3.8) is 0 Å². The van der Waals surface area contributed by atoms with E-state index in [4.69, 9.17) is 0 Å². The molecule has 0 atom stereocenters. The summed E-state index contributed by atoms with van der Waals surface area (Å²) >= 11 is 0. The Morgan fingerprint density at radius 2 is 1.78 bits per heavy atom. The molecule has 52 valence electrons. The number of carbonyl (C=O) groups is 1. The molecule has 0 saturated heterocycles. The maximum atomic E-state index is 10.2. The fraction of sp³-hybridized carbons (Fsp3) is 0.286. The summed E-state index contributed by atoms with van der Waals surface area (Å²) in [7, 11) is 1.33. The van der Waals surface area contributed by atoms with E-state index < -0.39 is 0 Å². The predicted octanol–water partition coefficient (Wildman–Crippen LogP) is 1.54. The van der Waals surface area contributed by atoms with Crippen molar-refractivity contribution in [1.82, 2.24) is 0 Å². The van der Waals surface area contributed by atoms with E-state index in [1.165, 1.54) is 7.11 Å². The van der Waals surface area contributed by atoms with Crippen molar-refractivity contribution < 1.29 is 9.53 Å². The molecular weight excluding hydrogens is 116 g/mol. The SMILES string of the molecule is C=C.C=C(C)C(=O)OC. The van der Waals surface area contributed by atoms with Gasteiger partial charge in [-0.15, -0.1) is 13.2 Å². The smallest absolute Gasteiger partial charge is 0.332 e. The van der Waals surface area contributed by atoms with Crippen LogP contribution in [0.2, 0.25) is 0 Å². The molecule has 0 aromatic heterocycles. The first-order valence-corrected chi connectivity index (χ1v) is 2.42. The monoisotopic (exact) mass is 128 g/mol. The third-order valence-corrected chi connectivity index (χ3v) is 0.534. The fourth-order valence-corrected chi connectivity index (χ4v) is 0.174. The van der Waals surface area contributed by atoms with E-state index in [9.17, 15) is 4.79 Å². The molecule has 2 heteroatoms. The highest BCUT2D eigenvalue weighted by atomic mass is 16.5. The fourth-order valence-electron chi connectivity index (χ4n) is 0.174. The molecule has 0 radical (unpaired) electrons. The van der Waals surface area contributed by atoms with Gasteiger partial charge in [-0.25, -0.2) is 4.79 Å². The van der Waals surface area contributed by atoms with Gasteiger partial charge in [0.25, 0.3) is 0 Å². The Morgan fingerprint density at radius 1 is 1.44 bits per heavy atom. The Labute approximate surface area is 55.8 Å². The van der Waals surface area contributed by atoms with Crippen LogP contribution in [0.3, 0.4) is 0 Å². The number of methoxy groups -OCH3 is 1. The molecule has 0 aromatic carbocycles. The van der Waals surface area contributed by atoms with Crippen LogP contribution in [0.15, 0.2) is 25.3 Å². The molecule has 0 bridgehead atoms. The van der Waals surface area contributed by atoms with E-state index in [1.807, 2.05) is 0 Å². The van der Waals surface area contributed by atoms with Crippen LogP contribution >= 0.6 is 0 Å². The Kier molecular flexibility index (Phi) is 8.38. The third kappa shape index (κ3) is 6.95. The molecule has 0 spiro atoms. The molecule has 0 rings (SSSR count). The Hall–Kier alpha value is -1.05. The quantitative estimate of drug-likeness (QED) is 0.304. The molecule has 9 heavy (non-hydrogen) atoms. The van der Waals surface area contributed by atoms with E-state index in [0.717, 1.165) is 0 Å². The van der Waals surface area contributed by atoms with Crippen molar-refractivity contribution in [3.8, 4) is 0 Å². The van der Waals surface area contributed by atoms with Gasteiger partial charge in [0, 0.05) is 5.57 Å². The van der Waals surface area contributed by atoms with Crippen molar-refractivity contribution in [1.29, 1.82) is 0 Å². The van der Waals surface area contributed by atoms with Crippen molar-refractivity contribution >= 4 is 5.97 Å². The van der Waals surface area contributed by atoms with Gasteiger partial charge < -0.3 is 4.74 Å². The summed E-state index contributed by atoms with van der Waals surface area (Å²) in [5.74, 6) is -0.347. The van der Waals surface area contributed by atoms with Crippen molar-refractivity contribution in [2.45, 2.75) is 6.92 Å². The van der Waals surface area contributed by atoms with E-state index in [0.29, 0.717) is 5.57 Å². The minimum atomic E-state index is -0.347. The largest absolute Gasteiger partial charge is 0.466 e. The van der Waals surface area contributed by atoms with Gasteiger partial charge in [-0.2, -0.15) is 0 Å². The van der Waals surface area contributed by atoms with Crippen LogP contribution in [0.4, 0.5) is 0 Å². The second-order valence-corrected chi connectivity index (χ2v) is 1.27. The zero-order chi connectivity index (χ0) is 7.86. The van der Waals surface area contributed by atoms with Crippen LogP contribution < -0.4 is 0 Å². The topological polar surface area (TPSA) is 26.3 Å². The van der Waals surface area contributed by atoms with E-state index in [1.54, 1.807) is 6.92 Å². The normalized spacial score (nSPS) is 6.44. The number of rotatable bonds is 1. The molecule has 0 fully saturated rings. The lowest BCUT2D eigenvalue weighted by atomic mass is 10.4. The number of ether oxygens (including phenoxy) is 1. The lowest BCUT2D eigenvalue weighted by Crippen LogP contribution is -1.98. The van der Waals surface area contributed by atoms with Crippen LogP contribution in [0.1, 0.15) is 6.92 Å². The standard InChI is InChI=1S/C5H8O2.C2H4/c1-4(2)5(6)7-3;1-2/h1H2,2-3H3;1-2H2. The van der Waals surface area contributed by atoms with Gasteiger partial charge in [0.05, 0.1) is 7.11 Å². The molecule has 0 heterocycles. The highest BCUT2D eigenvalue weighted by Gasteiger charge is 1.95. The Bertz CT molecular complexity index is 105. The number of hydrogen-bond acceptors (Lipinski definition) is 2. The molecule has 0 aliphatic heterocycles. The molecule has 0 aromatic rings. The zero-order valence-electron chi connectivity index (χ0n) is 5.94. The van der Waals surface area contributed by atoms with Gasteiger partial charge in [-0.05, 0) is 6.92 Å². The Morgan fingerprint density at radius 3 is 1.78 bits per heavy atom. The molecule has 0 N–H and O–H groups in total. The van der Waals surface area contributed by atoms with E-state index in [2.05, 4.69) is 24.5 Å². The van der Waals surface area contributed by atoms with E-state index >= 15 is 0 Å². The molecular formula is C7H12O2. The predicted molar refractivity (Wildman–Crippen MR) is 38.1 cm³/mol. The number of esters is 1. The van der Waals surface area contributed by atoms with Gasteiger partial charge in [0.1, 0.15) is 0 Å². The van der Waals surface area contributed by atoms with Gasteiger partial charge >= 0.3 is 5.97 Å². The van der Waals surface area contributed by atoms with Crippen LogP contribution in [-0.4, -0.2) is 13.1 Å². The number of carbonyl (C=O) groups excluding carboxylic acids is 1. The zero-order valence-corrected chi connectivity index (χ0v) is 5.94. The van der Waals surface area contributed by atoms with Crippen molar-refractivity contribution in [2.75, 3.05) is 7.11 Å². The van der Waals surface area contributed by atoms with Crippen LogP contribution in [0, 0.1) is 0 Å². The summed E-state index contributed by atoms with van der Waals surface area (Å²) < 4.78 is 4.27. The third-order valence-electron chi connectivity index (χ3n) is 0.534. The maximum Gasteiger partial charge on any atom is 0.332 e. The summed E-state index contributed by atoms with van der Waals surface area (Å²) in [5.41, 5.74) is 0.433. The molecule has 0 saturated carbocycles. The van der Waals surface area contributed by atoms with Crippen molar-refractivity contribution in [3.05, 3.63) is 25.3 Å². The minimum Gasteiger partial charge on any atom is -0.466 e. The minimum absolute atomic E-state index is 0.347. The van der Waals surface area contributed by atoms with Gasteiger partial charge in [0.2, 0.25) is 0 Å². The number of hydrogen-bond donors (Lipinski definition) is 0. The first kappa shape index (κ1) is 10.8. The summed E-state index contributed by atoms with van der Waals surface area (Å²) in [4.78, 5) is 10.2. The lowest BCUT2D eigenvalue weighted by molar-refractivity contribution is -0.136. The lowest BCUT2D eigenvalue weighted by Gasteiger charge is -1.91. The first-order valence-electron chi connectivity index (χ1n) is 2.42. The highest BCUT2D eigenvalue weighted by molar-refractivity contribution is 5.86. The van der Waals surface area contributed by atoms with E-state index in [-0.39, 0.29) is 5.97 Å². The average Bonchev–Trinajstić information content (AvgIpc) is 1.91. The van der Waals surface area contributed by atoms with Gasteiger partial charge in [-0.1, -0.05) is 6.58 Å². The molecule has 0 amide bonds. The molecule has 2 nitrogen and oxygen atoms in total. The molecule has 0 aliphatic rings. The average molecular weight is 128 g/mol. The van der Waals surface area contributed by atoms with Crippen molar-refractivity contribution in [2.24, 2.45) is 0 Å². The summed E-state index contributed by atoms with van der Waals surface area (Å²) in [6, 6.07) is 0. The first-order chi connectivity index (χ1) is 4.18. The summed E-state index contributed by atoms with van der Waals surface area (Å²) in [6.07, 6.45) is 0. The highest BCUT2D eigenvalue weighted by Crippen LogP contribution is 1.87. The molecule has 0 aliphatic carbocycles. The van der Waals surface area contributed by atoms with Crippen LogP contribution in [0.25, 0.3) is 0 Å². The van der Waals surface area contributed by atoms with Crippen LogP contribution in [0.5, 0.6) is 0 Å². The van der Waals surface area contributed by atoms with Crippen LogP contribution in [-0.2, 0) is 9.53 Å². The van der Waals surface area contributed by atoms with Gasteiger partial charge in [-0.3, -0.25) is 0 Å². The Balaban J connectivity index is 0. The second kappa shape index (κ2) is 6.95. The second-order valence-electron chi connectivity index (χ2n) is 1.27. The molecule has 0 unspecified atom stereocenters. The summed E-state index contributed by atoms with van der Waals surface area (Å²) in [5, 5.41) is 0. The maximum absolute atomic E-state index is 10.2. The summed E-state index contributed by atoms with van der Waals surface area (Å²) in [6.45, 7) is 11.0.